The molecule has 0 aliphatic carbocycles. The van der Waals surface area contributed by atoms with E-state index in [1.807, 2.05) is 0 Å². The number of likely N-dealkylation sites (N-methyl/N-ethyl adjacent to an activating group) is 1. The van der Waals surface area contributed by atoms with Gasteiger partial charge in [-0.15, -0.1) is 0 Å². The summed E-state index contributed by atoms with van der Waals surface area (Å²) in [6, 6.07) is 7.54. The molecule has 2 rings (SSSR count). The third-order valence-corrected chi connectivity index (χ3v) is 3.37. The number of rotatable bonds is 3. The van der Waals surface area contributed by atoms with Gasteiger partial charge in [0, 0.05) is 19.1 Å². The lowest BCUT2D eigenvalue weighted by atomic mass is 10.1. The number of hydrogen-bond acceptors (Lipinski definition) is 2. The lowest BCUT2D eigenvalue weighted by molar-refractivity contribution is 0.249. The Bertz CT molecular complexity index is 334. The third kappa shape index (κ3) is 2.83. The van der Waals surface area contributed by atoms with Crippen molar-refractivity contribution in [3.63, 3.8) is 0 Å². The van der Waals surface area contributed by atoms with E-state index in [0.29, 0.717) is 6.04 Å². The van der Waals surface area contributed by atoms with Crippen LogP contribution in [0.3, 0.4) is 0 Å². The van der Waals surface area contributed by atoms with Gasteiger partial charge in [-0.25, -0.2) is 0 Å². The molecule has 0 amide bonds. The smallest absolute Gasteiger partial charge is 0.0234 e. The van der Waals surface area contributed by atoms with Crippen LogP contribution in [0.1, 0.15) is 23.1 Å². The van der Waals surface area contributed by atoms with Crippen LogP contribution in [-0.2, 0) is 6.54 Å². The van der Waals surface area contributed by atoms with Gasteiger partial charge in [0.1, 0.15) is 0 Å². The van der Waals surface area contributed by atoms with Gasteiger partial charge in [0.2, 0.25) is 0 Å². The van der Waals surface area contributed by atoms with E-state index in [1.165, 1.54) is 29.7 Å². The molecule has 1 unspecified atom stereocenters. The Hall–Kier alpha value is -0.860. The maximum Gasteiger partial charge on any atom is 0.0234 e. The van der Waals surface area contributed by atoms with Crippen molar-refractivity contribution >= 4 is 0 Å². The monoisotopic (exact) mass is 218 g/mol. The number of hydrogen-bond donors (Lipinski definition) is 1. The van der Waals surface area contributed by atoms with Gasteiger partial charge in [0.05, 0.1) is 0 Å². The van der Waals surface area contributed by atoms with Gasteiger partial charge in [-0.2, -0.15) is 0 Å². The maximum atomic E-state index is 3.42. The molecule has 1 aromatic carbocycles. The summed E-state index contributed by atoms with van der Waals surface area (Å²) in [5.74, 6) is 0. The van der Waals surface area contributed by atoms with E-state index in [0.717, 1.165) is 13.1 Å². The first-order valence-electron chi connectivity index (χ1n) is 6.13. The van der Waals surface area contributed by atoms with Crippen LogP contribution >= 0.6 is 0 Å². The van der Waals surface area contributed by atoms with E-state index in [-0.39, 0.29) is 0 Å². The summed E-state index contributed by atoms with van der Waals surface area (Å²) in [5.41, 5.74) is 4.17. The second-order valence-electron chi connectivity index (χ2n) is 5.06. The zero-order valence-electron chi connectivity index (χ0n) is 10.6. The van der Waals surface area contributed by atoms with Crippen LogP contribution < -0.4 is 5.32 Å². The highest BCUT2D eigenvalue weighted by Gasteiger charge is 2.18. The van der Waals surface area contributed by atoms with Crippen LogP contribution in [0.5, 0.6) is 0 Å². The van der Waals surface area contributed by atoms with Crippen molar-refractivity contribution in [2.24, 2.45) is 0 Å². The Morgan fingerprint density at radius 1 is 1.25 bits per heavy atom. The minimum atomic E-state index is 0.709. The first-order valence-corrected chi connectivity index (χ1v) is 6.13. The molecule has 1 N–H and O–H groups in total. The largest absolute Gasteiger partial charge is 0.315 e. The zero-order valence-corrected chi connectivity index (χ0v) is 10.6. The van der Waals surface area contributed by atoms with Gasteiger partial charge < -0.3 is 5.32 Å². The van der Waals surface area contributed by atoms with E-state index >= 15 is 0 Å². The van der Waals surface area contributed by atoms with E-state index in [9.17, 15) is 0 Å². The van der Waals surface area contributed by atoms with Crippen molar-refractivity contribution in [3.8, 4) is 0 Å². The molecule has 88 valence electrons. The van der Waals surface area contributed by atoms with Crippen LogP contribution in [0.15, 0.2) is 18.2 Å². The molecule has 1 aromatic rings. The number of nitrogens with one attached hydrogen (secondary N) is 1. The van der Waals surface area contributed by atoms with Gasteiger partial charge >= 0.3 is 0 Å². The summed E-state index contributed by atoms with van der Waals surface area (Å²) in [6.07, 6.45) is 1.28. The van der Waals surface area contributed by atoms with Crippen LogP contribution in [-0.4, -0.2) is 31.1 Å². The van der Waals surface area contributed by atoms with Crippen molar-refractivity contribution in [2.45, 2.75) is 32.9 Å². The summed E-state index contributed by atoms with van der Waals surface area (Å²) in [5, 5.41) is 3.42. The van der Waals surface area contributed by atoms with E-state index in [1.54, 1.807) is 0 Å². The van der Waals surface area contributed by atoms with E-state index in [4.69, 9.17) is 0 Å². The summed E-state index contributed by atoms with van der Waals surface area (Å²) < 4.78 is 0. The summed E-state index contributed by atoms with van der Waals surface area (Å²) >= 11 is 0. The maximum absolute atomic E-state index is 3.42. The Labute approximate surface area is 98.7 Å². The second kappa shape index (κ2) is 4.98. The molecule has 1 heterocycles. The molecular weight excluding hydrogens is 196 g/mol. The topological polar surface area (TPSA) is 15.3 Å². The molecule has 1 fully saturated rings. The fourth-order valence-corrected chi connectivity index (χ4v) is 2.59. The lowest BCUT2D eigenvalue weighted by Gasteiger charge is -2.23. The van der Waals surface area contributed by atoms with Gasteiger partial charge in [-0.3, -0.25) is 4.90 Å². The molecule has 1 aliphatic heterocycles. The predicted molar refractivity (Wildman–Crippen MR) is 68.7 cm³/mol. The average Bonchev–Trinajstić information content (AvgIpc) is 2.68. The Balaban J connectivity index is 2.02. The molecule has 0 bridgehead atoms. The molecule has 1 atom stereocenters. The van der Waals surface area contributed by atoms with Crippen molar-refractivity contribution in [2.75, 3.05) is 20.1 Å². The molecule has 2 nitrogen and oxygen atoms in total. The zero-order chi connectivity index (χ0) is 11.5. The van der Waals surface area contributed by atoms with Crippen LogP contribution in [0.4, 0.5) is 0 Å². The molecule has 0 saturated carbocycles. The van der Waals surface area contributed by atoms with Crippen LogP contribution in [0.25, 0.3) is 0 Å². The van der Waals surface area contributed by atoms with Crippen molar-refractivity contribution in [3.05, 3.63) is 34.9 Å². The molecule has 1 saturated heterocycles. The van der Waals surface area contributed by atoms with Crippen LogP contribution in [0.2, 0.25) is 0 Å². The minimum Gasteiger partial charge on any atom is -0.315 e. The average molecular weight is 218 g/mol. The van der Waals surface area contributed by atoms with E-state index in [2.05, 4.69) is 49.3 Å². The minimum absolute atomic E-state index is 0.709. The Morgan fingerprint density at radius 3 is 2.50 bits per heavy atom. The Kier molecular flexibility index (Phi) is 3.62. The number of benzene rings is 1. The molecule has 16 heavy (non-hydrogen) atoms. The highest BCUT2D eigenvalue weighted by Crippen LogP contribution is 2.14. The van der Waals surface area contributed by atoms with Gasteiger partial charge in [0.25, 0.3) is 0 Å². The van der Waals surface area contributed by atoms with Crippen molar-refractivity contribution < 1.29 is 0 Å². The molecule has 0 radical (unpaired) electrons. The summed E-state index contributed by atoms with van der Waals surface area (Å²) in [4.78, 5) is 2.47. The van der Waals surface area contributed by atoms with Crippen molar-refractivity contribution in [1.82, 2.24) is 10.2 Å². The van der Waals surface area contributed by atoms with Crippen molar-refractivity contribution in [1.29, 1.82) is 0 Å². The first-order chi connectivity index (χ1) is 7.65. The van der Waals surface area contributed by atoms with E-state index < -0.39 is 0 Å². The summed E-state index contributed by atoms with van der Waals surface area (Å²) in [6.45, 7) is 7.72. The highest BCUT2D eigenvalue weighted by atomic mass is 15.2. The lowest BCUT2D eigenvalue weighted by Crippen LogP contribution is -2.32. The second-order valence-corrected chi connectivity index (χ2v) is 5.06. The summed E-state index contributed by atoms with van der Waals surface area (Å²) in [7, 11) is 2.23. The number of nitrogens with zero attached hydrogens (tertiary/aromatic N) is 1. The third-order valence-electron chi connectivity index (χ3n) is 3.37. The Morgan fingerprint density at radius 2 is 1.94 bits per heavy atom. The normalized spacial score (nSPS) is 20.6. The SMILES string of the molecule is Cc1cc(C)cc(CN(C)C2CCNC2)c1. The molecule has 1 aliphatic rings. The molecule has 0 spiro atoms. The van der Waals surface area contributed by atoms with Gasteiger partial charge in [-0.05, 0) is 39.4 Å². The van der Waals surface area contributed by atoms with Gasteiger partial charge in [-0.1, -0.05) is 29.3 Å². The first kappa shape index (κ1) is 11.6. The molecular formula is C14H22N2. The highest BCUT2D eigenvalue weighted by molar-refractivity contribution is 5.28. The van der Waals surface area contributed by atoms with Gasteiger partial charge in [0.15, 0.2) is 0 Å². The fourth-order valence-electron chi connectivity index (χ4n) is 2.59. The number of aryl methyl sites for hydroxylation is 2. The quantitative estimate of drug-likeness (QED) is 0.836. The van der Waals surface area contributed by atoms with Crippen LogP contribution in [0, 0.1) is 13.8 Å². The standard InChI is InChI=1S/C14H22N2/c1-11-6-12(2)8-13(7-11)10-16(3)14-4-5-15-9-14/h6-8,14-15H,4-5,9-10H2,1-3H3. The molecule has 2 heteroatoms. The fraction of sp³-hybridized carbons (Fsp3) is 0.571. The predicted octanol–water partition coefficient (Wildman–Crippen LogP) is 2.10. The molecule has 0 aromatic heterocycles.